The van der Waals surface area contributed by atoms with Gasteiger partial charge in [-0.3, -0.25) is 9.59 Å². The van der Waals surface area contributed by atoms with Crippen LogP contribution >= 0.6 is 0 Å². The normalized spacial score (nSPS) is 13.4. The predicted molar refractivity (Wildman–Crippen MR) is 86.7 cm³/mol. The summed E-state index contributed by atoms with van der Waals surface area (Å²) in [5.41, 5.74) is 0.221. The maximum atomic E-state index is 12.0. The van der Waals surface area contributed by atoms with Gasteiger partial charge in [0.25, 0.3) is 5.91 Å². The summed E-state index contributed by atoms with van der Waals surface area (Å²) < 4.78 is 10.4. The number of aliphatic carboxylic acids is 1. The van der Waals surface area contributed by atoms with Crippen molar-refractivity contribution in [3.63, 3.8) is 0 Å². The third-order valence-electron chi connectivity index (χ3n) is 3.36. The Hall–Kier alpha value is -2.08. The maximum Gasteiger partial charge on any atom is 0.305 e. The quantitative estimate of drug-likeness (QED) is 0.727. The van der Waals surface area contributed by atoms with Gasteiger partial charge in [-0.1, -0.05) is 26.0 Å². The first-order valence-electron chi connectivity index (χ1n) is 7.50. The van der Waals surface area contributed by atoms with Gasteiger partial charge in [-0.2, -0.15) is 0 Å². The van der Waals surface area contributed by atoms with Gasteiger partial charge < -0.3 is 19.9 Å². The van der Waals surface area contributed by atoms with Crippen LogP contribution in [0.1, 0.15) is 38.7 Å². The van der Waals surface area contributed by atoms with Gasteiger partial charge in [-0.05, 0) is 30.5 Å². The van der Waals surface area contributed by atoms with Gasteiger partial charge >= 0.3 is 5.97 Å². The smallest absolute Gasteiger partial charge is 0.305 e. The first-order chi connectivity index (χ1) is 10.8. The number of benzene rings is 1. The molecular formula is C17H25NO5. The van der Waals surface area contributed by atoms with Crippen LogP contribution in [0.15, 0.2) is 24.3 Å². The summed E-state index contributed by atoms with van der Waals surface area (Å²) in [6, 6.07) is 7.54. The number of hydrogen-bond acceptors (Lipinski definition) is 4. The Kier molecular flexibility index (Phi) is 7.03. The molecule has 1 aromatic rings. The number of ether oxygens (including phenoxy) is 2. The maximum absolute atomic E-state index is 12.0. The zero-order valence-corrected chi connectivity index (χ0v) is 14.1. The van der Waals surface area contributed by atoms with Gasteiger partial charge in [0.2, 0.25) is 0 Å². The van der Waals surface area contributed by atoms with Crippen molar-refractivity contribution in [1.82, 2.24) is 5.32 Å². The number of nitrogens with one attached hydrogen (secondary N) is 1. The van der Waals surface area contributed by atoms with E-state index in [0.29, 0.717) is 11.7 Å². The highest BCUT2D eigenvalue weighted by molar-refractivity contribution is 5.79. The second-order valence-electron chi connectivity index (χ2n) is 6.12. The third kappa shape index (κ3) is 6.69. The van der Waals surface area contributed by atoms with Gasteiger partial charge in [-0.15, -0.1) is 0 Å². The minimum atomic E-state index is -1.00. The lowest BCUT2D eigenvalue weighted by atomic mass is 9.99. The molecule has 0 saturated carbocycles. The Bertz CT molecular complexity index is 526. The molecule has 1 unspecified atom stereocenters. The molecule has 1 aromatic carbocycles. The minimum absolute atomic E-state index is 0.105. The molecule has 6 nitrogen and oxygen atoms in total. The summed E-state index contributed by atoms with van der Waals surface area (Å²) >= 11 is 0. The molecule has 6 heteroatoms. The molecule has 0 bridgehead atoms. The zero-order valence-electron chi connectivity index (χ0n) is 14.1. The number of carbonyl (C=O) groups is 2. The van der Waals surface area contributed by atoms with E-state index < -0.39 is 17.4 Å². The van der Waals surface area contributed by atoms with Crippen LogP contribution in [0.2, 0.25) is 0 Å². The van der Waals surface area contributed by atoms with Gasteiger partial charge in [0, 0.05) is 7.11 Å². The molecule has 2 N–H and O–H groups in total. The average Bonchev–Trinajstić information content (AvgIpc) is 2.44. The molecule has 0 fully saturated rings. The van der Waals surface area contributed by atoms with E-state index in [1.54, 1.807) is 6.92 Å². The first-order valence-corrected chi connectivity index (χ1v) is 7.50. The summed E-state index contributed by atoms with van der Waals surface area (Å²) in [4.78, 5) is 22.9. The van der Waals surface area contributed by atoms with E-state index in [9.17, 15) is 9.59 Å². The van der Waals surface area contributed by atoms with Crippen LogP contribution in [0, 0.1) is 0 Å². The lowest BCUT2D eigenvalue weighted by Crippen LogP contribution is -2.52. The summed E-state index contributed by atoms with van der Waals surface area (Å²) in [5, 5.41) is 11.6. The highest BCUT2D eigenvalue weighted by Crippen LogP contribution is 2.18. The van der Waals surface area contributed by atoms with Crippen LogP contribution in [0.3, 0.4) is 0 Å². The number of amides is 1. The third-order valence-corrected chi connectivity index (χ3v) is 3.36. The van der Waals surface area contributed by atoms with E-state index in [0.717, 1.165) is 0 Å². The molecule has 0 aliphatic carbocycles. The fourth-order valence-electron chi connectivity index (χ4n) is 2.25. The summed E-state index contributed by atoms with van der Waals surface area (Å²) in [5.74, 6) is -0.372. The van der Waals surface area contributed by atoms with E-state index in [2.05, 4.69) is 19.2 Å². The molecule has 1 rings (SSSR count). The van der Waals surface area contributed by atoms with E-state index in [1.807, 2.05) is 24.3 Å². The van der Waals surface area contributed by atoms with Gasteiger partial charge in [-0.25, -0.2) is 0 Å². The molecule has 0 radical (unpaired) electrons. The van der Waals surface area contributed by atoms with Gasteiger partial charge in [0.05, 0.1) is 18.6 Å². The Morgan fingerprint density at radius 1 is 1.26 bits per heavy atom. The SMILES string of the molecule is COCC(C)(CC(=O)O)NC(=O)COc1ccc(C(C)C)cc1. The molecule has 0 aliphatic heterocycles. The van der Waals surface area contributed by atoms with Crippen molar-refractivity contribution in [3.05, 3.63) is 29.8 Å². The highest BCUT2D eigenvalue weighted by Gasteiger charge is 2.29. The molecule has 0 spiro atoms. The summed E-state index contributed by atoms with van der Waals surface area (Å²) in [7, 11) is 1.46. The molecule has 1 amide bonds. The lowest BCUT2D eigenvalue weighted by molar-refractivity contribution is -0.139. The van der Waals surface area contributed by atoms with E-state index in [-0.39, 0.29) is 19.6 Å². The largest absolute Gasteiger partial charge is 0.484 e. The van der Waals surface area contributed by atoms with E-state index in [1.165, 1.54) is 12.7 Å². The van der Waals surface area contributed by atoms with Crippen molar-refractivity contribution in [2.75, 3.05) is 20.3 Å². The number of carbonyl (C=O) groups excluding carboxylic acids is 1. The second-order valence-corrected chi connectivity index (χ2v) is 6.12. The predicted octanol–water partition coefficient (Wildman–Crippen LogP) is 2.18. The van der Waals surface area contributed by atoms with Crippen LogP contribution in [0.4, 0.5) is 0 Å². The summed E-state index contributed by atoms with van der Waals surface area (Å²) in [6.45, 7) is 5.75. The van der Waals surface area contributed by atoms with Crippen LogP contribution in [0.25, 0.3) is 0 Å². The van der Waals surface area contributed by atoms with Crippen LogP contribution in [-0.4, -0.2) is 42.8 Å². The fraction of sp³-hybridized carbons (Fsp3) is 0.529. The molecule has 0 heterocycles. The zero-order chi connectivity index (χ0) is 17.5. The van der Waals surface area contributed by atoms with Crippen molar-refractivity contribution in [2.45, 2.75) is 38.6 Å². The number of methoxy groups -OCH3 is 1. The monoisotopic (exact) mass is 323 g/mol. The van der Waals surface area contributed by atoms with Crippen molar-refractivity contribution >= 4 is 11.9 Å². The number of rotatable bonds is 9. The van der Waals surface area contributed by atoms with Crippen LogP contribution in [0.5, 0.6) is 5.75 Å². The van der Waals surface area contributed by atoms with E-state index in [4.69, 9.17) is 14.6 Å². The first kappa shape index (κ1) is 19.0. The van der Waals surface area contributed by atoms with Crippen molar-refractivity contribution in [3.8, 4) is 5.75 Å². The van der Waals surface area contributed by atoms with Crippen molar-refractivity contribution < 1.29 is 24.2 Å². The number of carboxylic acid groups (broad SMARTS) is 1. The Morgan fingerprint density at radius 2 is 1.87 bits per heavy atom. The molecule has 23 heavy (non-hydrogen) atoms. The summed E-state index contributed by atoms with van der Waals surface area (Å²) in [6.07, 6.45) is -0.227. The van der Waals surface area contributed by atoms with E-state index >= 15 is 0 Å². The topological polar surface area (TPSA) is 84.9 Å². The van der Waals surface area contributed by atoms with Gasteiger partial charge in [0.15, 0.2) is 6.61 Å². The van der Waals surface area contributed by atoms with Crippen molar-refractivity contribution in [2.24, 2.45) is 0 Å². The average molecular weight is 323 g/mol. The number of hydrogen-bond donors (Lipinski definition) is 2. The molecular weight excluding hydrogens is 298 g/mol. The Morgan fingerprint density at radius 3 is 2.35 bits per heavy atom. The molecule has 0 aliphatic rings. The van der Waals surface area contributed by atoms with Gasteiger partial charge in [0.1, 0.15) is 5.75 Å². The van der Waals surface area contributed by atoms with Crippen LogP contribution in [-0.2, 0) is 14.3 Å². The molecule has 0 aromatic heterocycles. The Balaban J connectivity index is 2.56. The minimum Gasteiger partial charge on any atom is -0.484 e. The highest BCUT2D eigenvalue weighted by atomic mass is 16.5. The van der Waals surface area contributed by atoms with Crippen molar-refractivity contribution in [1.29, 1.82) is 0 Å². The fourth-order valence-corrected chi connectivity index (χ4v) is 2.25. The number of carboxylic acids is 1. The molecule has 0 saturated heterocycles. The molecule has 128 valence electrons. The standard InChI is InChI=1S/C17H25NO5/c1-12(2)13-5-7-14(8-6-13)23-10-15(19)18-17(3,11-22-4)9-16(20)21/h5-8,12H,9-11H2,1-4H3,(H,18,19)(H,20,21). The lowest BCUT2D eigenvalue weighted by Gasteiger charge is -2.28. The molecule has 1 atom stereocenters. The second kappa shape index (κ2) is 8.53. The Labute approximate surface area is 136 Å². The van der Waals surface area contributed by atoms with Crippen LogP contribution < -0.4 is 10.1 Å².